The summed E-state index contributed by atoms with van der Waals surface area (Å²) in [5.41, 5.74) is 1.01. The highest BCUT2D eigenvalue weighted by Crippen LogP contribution is 2.39. The van der Waals surface area contributed by atoms with Crippen molar-refractivity contribution in [2.24, 2.45) is 5.10 Å². The molecule has 3 aromatic rings. The predicted octanol–water partition coefficient (Wildman–Crippen LogP) is 5.37. The first-order valence-electron chi connectivity index (χ1n) is 8.50. The number of alkyl halides is 3. The van der Waals surface area contributed by atoms with E-state index in [1.54, 1.807) is 30.5 Å². The van der Waals surface area contributed by atoms with Crippen molar-refractivity contribution >= 4 is 33.6 Å². The van der Waals surface area contributed by atoms with Gasteiger partial charge in [0, 0.05) is 12.8 Å². The van der Waals surface area contributed by atoms with Gasteiger partial charge in [-0.25, -0.2) is 0 Å². The Balaban J connectivity index is 1.50. The Morgan fingerprint density at radius 2 is 2.07 bits per heavy atom. The lowest BCUT2D eigenvalue weighted by Gasteiger charge is -2.22. The second kappa shape index (κ2) is 8.04. The Bertz CT molecular complexity index is 1160. The molecule has 0 spiro atoms. The van der Waals surface area contributed by atoms with Crippen LogP contribution in [0.1, 0.15) is 16.7 Å². The minimum absolute atomic E-state index is 0.00429. The first-order chi connectivity index (χ1) is 14.3. The monoisotopic (exact) mass is 447 g/mol. The number of rotatable bonds is 3. The third-order valence-corrected chi connectivity index (χ3v) is 6.32. The lowest BCUT2D eigenvalue weighted by molar-refractivity contribution is -0.137. The summed E-state index contributed by atoms with van der Waals surface area (Å²) in [6.45, 7) is 0. The molecule has 0 atom stereocenters. The van der Waals surface area contributed by atoms with Gasteiger partial charge in [-0.15, -0.1) is 10.2 Å². The standard InChI is InChI=1S/C19H12F3N5OS2/c1-27-15-8-14(16-3-2-6-28-16)24-25-17(15)30-18(26-27)29-10-11-4-5-13(19(20,21)22)7-12(11)9-23/h2-8H,10H2,1H3. The highest BCUT2D eigenvalue weighted by Gasteiger charge is 2.31. The van der Waals surface area contributed by atoms with Crippen LogP contribution >= 0.6 is 23.5 Å². The van der Waals surface area contributed by atoms with Crippen LogP contribution in [0.3, 0.4) is 0 Å². The molecular formula is C19H12F3N5OS2. The van der Waals surface area contributed by atoms with E-state index in [2.05, 4.69) is 15.3 Å². The number of fused-ring (bicyclic) bond motifs is 1. The molecule has 0 bridgehead atoms. The van der Waals surface area contributed by atoms with Gasteiger partial charge < -0.3 is 4.42 Å². The first kappa shape index (κ1) is 20.3. The molecule has 11 heteroatoms. The smallest absolute Gasteiger partial charge is 0.416 e. The van der Waals surface area contributed by atoms with Gasteiger partial charge in [0.1, 0.15) is 5.69 Å². The number of nitriles is 1. The van der Waals surface area contributed by atoms with Crippen molar-refractivity contribution in [2.45, 2.75) is 17.0 Å². The molecule has 0 aliphatic carbocycles. The normalized spacial score (nSPS) is 13.6. The molecule has 0 N–H and O–H groups in total. The van der Waals surface area contributed by atoms with E-state index in [1.165, 1.54) is 29.6 Å². The molecule has 30 heavy (non-hydrogen) atoms. The van der Waals surface area contributed by atoms with E-state index in [0.717, 1.165) is 17.8 Å². The summed E-state index contributed by atoms with van der Waals surface area (Å²) in [7, 11) is 1.77. The predicted molar refractivity (Wildman–Crippen MR) is 109 cm³/mol. The maximum atomic E-state index is 12.9. The Morgan fingerprint density at radius 3 is 2.77 bits per heavy atom. The number of thioether (sulfide) groups is 2. The molecule has 0 unspecified atom stereocenters. The molecular weight excluding hydrogens is 435 g/mol. The fourth-order valence-electron chi connectivity index (χ4n) is 2.68. The van der Waals surface area contributed by atoms with Gasteiger partial charge in [-0.3, -0.25) is 5.01 Å². The topological polar surface area (TPSA) is 78.3 Å². The van der Waals surface area contributed by atoms with Crippen molar-refractivity contribution in [2.75, 3.05) is 12.1 Å². The van der Waals surface area contributed by atoms with Gasteiger partial charge in [0.15, 0.2) is 15.2 Å². The molecule has 1 aromatic carbocycles. The van der Waals surface area contributed by atoms with Crippen LogP contribution in [0.2, 0.25) is 0 Å². The van der Waals surface area contributed by atoms with Crippen LogP contribution in [0.25, 0.3) is 11.5 Å². The number of aromatic nitrogens is 2. The highest BCUT2D eigenvalue weighted by atomic mass is 32.2. The van der Waals surface area contributed by atoms with Gasteiger partial charge in [0.2, 0.25) is 0 Å². The van der Waals surface area contributed by atoms with Crippen LogP contribution in [0.15, 0.2) is 57.2 Å². The second-order valence-corrected chi connectivity index (χ2v) is 8.36. The number of benzene rings is 1. The van der Waals surface area contributed by atoms with Gasteiger partial charge in [0.05, 0.1) is 29.1 Å². The van der Waals surface area contributed by atoms with E-state index in [4.69, 9.17) is 4.42 Å². The van der Waals surface area contributed by atoms with Crippen LogP contribution in [0.5, 0.6) is 0 Å². The Hall–Kier alpha value is -2.97. The van der Waals surface area contributed by atoms with E-state index in [-0.39, 0.29) is 5.56 Å². The molecule has 1 aliphatic heterocycles. The van der Waals surface area contributed by atoms with Gasteiger partial charge in [-0.05, 0) is 47.7 Å². The van der Waals surface area contributed by atoms with Crippen LogP contribution in [-0.4, -0.2) is 21.6 Å². The molecule has 0 saturated heterocycles. The first-order valence-corrected chi connectivity index (χ1v) is 10.3. The molecule has 3 heterocycles. The summed E-state index contributed by atoms with van der Waals surface area (Å²) in [4.78, 5) is 0. The van der Waals surface area contributed by atoms with E-state index in [0.29, 0.717) is 32.2 Å². The zero-order valence-corrected chi connectivity index (χ0v) is 17.0. The summed E-state index contributed by atoms with van der Waals surface area (Å²) in [6, 6.07) is 10.4. The average molecular weight is 447 g/mol. The van der Waals surface area contributed by atoms with Crippen molar-refractivity contribution in [1.82, 2.24) is 10.2 Å². The summed E-state index contributed by atoms with van der Waals surface area (Å²) in [6.07, 6.45) is -2.93. The number of nitrogens with zero attached hydrogens (tertiary/aromatic N) is 5. The van der Waals surface area contributed by atoms with E-state index < -0.39 is 11.7 Å². The molecule has 2 aromatic heterocycles. The number of hydrogen-bond acceptors (Lipinski definition) is 8. The molecule has 4 rings (SSSR count). The number of halogens is 3. The second-order valence-electron chi connectivity index (χ2n) is 6.16. The van der Waals surface area contributed by atoms with Crippen molar-refractivity contribution in [1.29, 1.82) is 5.26 Å². The summed E-state index contributed by atoms with van der Waals surface area (Å²) in [5, 5.41) is 24.4. The van der Waals surface area contributed by atoms with Crippen LogP contribution in [0.4, 0.5) is 18.9 Å². The molecule has 0 radical (unpaired) electrons. The minimum atomic E-state index is -4.49. The third-order valence-electron chi connectivity index (χ3n) is 4.19. The van der Waals surface area contributed by atoms with Crippen LogP contribution < -0.4 is 5.01 Å². The molecule has 6 nitrogen and oxygen atoms in total. The van der Waals surface area contributed by atoms with Crippen molar-refractivity contribution in [3.63, 3.8) is 0 Å². The molecule has 0 amide bonds. The Kier molecular flexibility index (Phi) is 5.44. The third kappa shape index (κ3) is 4.15. The van der Waals surface area contributed by atoms with Crippen LogP contribution in [0, 0.1) is 11.3 Å². The highest BCUT2D eigenvalue weighted by molar-refractivity contribution is 8.38. The number of furan rings is 1. The lowest BCUT2D eigenvalue weighted by Crippen LogP contribution is -2.17. The minimum Gasteiger partial charge on any atom is -0.463 e. The Labute approximate surface area is 177 Å². The van der Waals surface area contributed by atoms with E-state index in [9.17, 15) is 18.4 Å². The fraction of sp³-hybridized carbons (Fsp3) is 0.158. The molecule has 1 aliphatic rings. The molecule has 0 fully saturated rings. The van der Waals surface area contributed by atoms with Crippen LogP contribution in [-0.2, 0) is 11.9 Å². The summed E-state index contributed by atoms with van der Waals surface area (Å²) in [5.74, 6) is 0.896. The summed E-state index contributed by atoms with van der Waals surface area (Å²) >= 11 is 2.63. The van der Waals surface area contributed by atoms with Crippen molar-refractivity contribution in [3.05, 3.63) is 59.4 Å². The zero-order valence-electron chi connectivity index (χ0n) is 15.3. The number of hydrazone groups is 1. The van der Waals surface area contributed by atoms with E-state index in [1.807, 2.05) is 12.1 Å². The number of anilines is 1. The quantitative estimate of drug-likeness (QED) is 0.534. The van der Waals surface area contributed by atoms with Crippen molar-refractivity contribution in [3.8, 4) is 17.5 Å². The maximum absolute atomic E-state index is 12.9. The zero-order chi connectivity index (χ0) is 21.3. The number of hydrogen-bond donors (Lipinski definition) is 0. The Morgan fingerprint density at radius 1 is 1.23 bits per heavy atom. The van der Waals surface area contributed by atoms with Gasteiger partial charge >= 0.3 is 6.18 Å². The van der Waals surface area contributed by atoms with Crippen molar-refractivity contribution < 1.29 is 17.6 Å². The van der Waals surface area contributed by atoms with E-state index >= 15 is 0 Å². The van der Waals surface area contributed by atoms with Gasteiger partial charge in [-0.1, -0.05) is 17.8 Å². The van der Waals surface area contributed by atoms with Gasteiger partial charge in [-0.2, -0.15) is 23.5 Å². The lowest BCUT2D eigenvalue weighted by atomic mass is 10.1. The largest absolute Gasteiger partial charge is 0.463 e. The molecule has 152 valence electrons. The average Bonchev–Trinajstić information content (AvgIpc) is 3.26. The SMILES string of the molecule is CN1N=C(SCc2ccc(C(F)(F)F)cc2C#N)Sc2nnc(-c3ccco3)cc21. The fourth-order valence-corrected chi connectivity index (χ4v) is 4.75. The maximum Gasteiger partial charge on any atom is 0.416 e. The van der Waals surface area contributed by atoms with Gasteiger partial charge in [0.25, 0.3) is 0 Å². The summed E-state index contributed by atoms with van der Waals surface area (Å²) < 4.78 is 44.5. The molecule has 0 saturated carbocycles.